The molecular formula is C58H64F3N7O9S2. The van der Waals surface area contributed by atoms with Gasteiger partial charge in [-0.2, -0.15) is 13.2 Å². The van der Waals surface area contributed by atoms with E-state index in [1.807, 2.05) is 83.1 Å². The number of nitrogens with one attached hydrogen (secondary N) is 2. The summed E-state index contributed by atoms with van der Waals surface area (Å²) in [5.74, 6) is -0.907. The molecule has 9 rings (SSSR count). The molecule has 3 amide bonds. The number of nitrogens with zero attached hydrogens (tertiary/aromatic N) is 5. The molecule has 3 aliphatic heterocycles. The quantitative estimate of drug-likeness (QED) is 0.0531. The van der Waals surface area contributed by atoms with Crippen molar-refractivity contribution in [2.75, 3.05) is 24.0 Å². The van der Waals surface area contributed by atoms with Gasteiger partial charge in [0.2, 0.25) is 27.7 Å². The van der Waals surface area contributed by atoms with Crippen LogP contribution in [-0.4, -0.2) is 117 Å². The summed E-state index contributed by atoms with van der Waals surface area (Å²) < 4.78 is 86.7. The van der Waals surface area contributed by atoms with E-state index in [-0.39, 0.29) is 49.8 Å². The predicted octanol–water partition coefficient (Wildman–Crippen LogP) is 9.17. The summed E-state index contributed by atoms with van der Waals surface area (Å²) in [4.78, 5) is 52.1. The Hall–Kier alpha value is -7.07. The molecule has 2 aromatic heterocycles. The standard InChI is InChI=1S/C58H64F3N7O9S2/c1-35(37-10-12-40(13-11-37)53-36(2)63-34-78-53)64-55(72)46-29-44(70)31-67(46)56(73)54(57(3,4)5)65-49(71)9-7-6-8-28-76-45-24-20-42(21-25-45)68(32-58(59,60)61)79(74,75)48-30-47-50(38-16-22-43(69)23-17-38)51(52(48)77-47)39-14-18-41(19-15-39)66-27-26-62-33-66/h10-27,33-35,44,46-48,52,54,69-70H,6-9,28-32H2,1-5H3,(H,64,72)(H,65,71)/t35-,44+,46-,47?,48?,52?,54+/m0/s1. The number of aromatic hydroxyl groups is 1. The Morgan fingerprint density at radius 3 is 2.19 bits per heavy atom. The van der Waals surface area contributed by atoms with Crippen LogP contribution in [0.4, 0.5) is 18.9 Å². The lowest BCUT2D eigenvalue weighted by atomic mass is 9.83. The van der Waals surface area contributed by atoms with Gasteiger partial charge in [-0.1, -0.05) is 69.3 Å². The molecule has 21 heteroatoms. The maximum Gasteiger partial charge on any atom is 0.407 e. The maximum atomic E-state index is 14.6. The number of phenolic OH excluding ortho intramolecular Hbond substituents is 1. The number of anilines is 1. The molecular weight excluding hydrogens is 1060 g/mol. The molecule has 2 bridgehead atoms. The molecule has 2 fully saturated rings. The highest BCUT2D eigenvalue weighted by Crippen LogP contribution is 2.52. The second kappa shape index (κ2) is 23.3. The minimum absolute atomic E-state index is 0.0339. The van der Waals surface area contributed by atoms with E-state index in [1.54, 1.807) is 52.3 Å². The van der Waals surface area contributed by atoms with Crippen LogP contribution in [0.2, 0.25) is 0 Å². The number of aliphatic hydroxyl groups excluding tert-OH is 1. The Morgan fingerprint density at radius 2 is 1.56 bits per heavy atom. The fourth-order valence-corrected chi connectivity index (χ4v) is 13.4. The molecule has 79 heavy (non-hydrogen) atoms. The average molecular weight is 1120 g/mol. The Bertz CT molecular complexity index is 3260. The van der Waals surface area contributed by atoms with Crippen molar-refractivity contribution in [3.05, 3.63) is 144 Å². The van der Waals surface area contributed by atoms with Gasteiger partial charge in [-0.25, -0.2) is 18.4 Å². The van der Waals surface area contributed by atoms with Gasteiger partial charge in [0.1, 0.15) is 41.5 Å². The molecule has 0 saturated carbocycles. The van der Waals surface area contributed by atoms with Gasteiger partial charge in [0.05, 0.1) is 53.0 Å². The summed E-state index contributed by atoms with van der Waals surface area (Å²) >= 11 is 1.55. The van der Waals surface area contributed by atoms with Crippen molar-refractivity contribution in [3.63, 3.8) is 0 Å². The first-order valence-electron chi connectivity index (χ1n) is 26.2. The number of likely N-dealkylation sites (tertiary alicyclic amines) is 1. The van der Waals surface area contributed by atoms with Crippen LogP contribution in [-0.2, 0) is 29.1 Å². The van der Waals surface area contributed by atoms with E-state index in [1.165, 1.54) is 41.3 Å². The van der Waals surface area contributed by atoms with Gasteiger partial charge in [-0.3, -0.25) is 18.7 Å². The molecule has 5 heterocycles. The average Bonchev–Trinajstić information content (AvgIpc) is 4.50. The lowest BCUT2D eigenvalue weighted by Crippen LogP contribution is -2.57. The van der Waals surface area contributed by atoms with Crippen LogP contribution in [0.5, 0.6) is 11.5 Å². The number of rotatable bonds is 20. The molecule has 0 spiro atoms. The van der Waals surface area contributed by atoms with Gasteiger partial charge < -0.3 is 39.8 Å². The number of aryl methyl sites for hydroxylation is 1. The zero-order chi connectivity index (χ0) is 56.4. The smallest absolute Gasteiger partial charge is 0.407 e. The van der Waals surface area contributed by atoms with Crippen LogP contribution in [0.25, 0.3) is 27.3 Å². The first-order valence-corrected chi connectivity index (χ1v) is 28.6. The molecule has 2 saturated heterocycles. The molecule has 7 atom stereocenters. The van der Waals surface area contributed by atoms with Crippen molar-refractivity contribution < 1.29 is 55.7 Å². The number of aliphatic hydroxyl groups is 1. The number of carbonyl (C=O) groups is 3. The molecule has 418 valence electrons. The van der Waals surface area contributed by atoms with Crippen LogP contribution in [0.15, 0.2) is 121 Å². The van der Waals surface area contributed by atoms with Gasteiger partial charge >= 0.3 is 6.18 Å². The zero-order valence-electron chi connectivity index (χ0n) is 44.4. The first kappa shape index (κ1) is 56.6. The van der Waals surface area contributed by atoms with Crippen molar-refractivity contribution in [1.82, 2.24) is 30.1 Å². The topological polar surface area (TPSA) is 206 Å². The number of carbonyl (C=O) groups excluding carboxylic acids is 3. The number of alkyl halides is 3. The Labute approximate surface area is 461 Å². The molecule has 3 aliphatic rings. The van der Waals surface area contributed by atoms with E-state index in [9.17, 15) is 46.2 Å². The van der Waals surface area contributed by atoms with Gasteiger partial charge in [0.25, 0.3) is 0 Å². The van der Waals surface area contributed by atoms with Crippen molar-refractivity contribution in [3.8, 4) is 27.6 Å². The summed E-state index contributed by atoms with van der Waals surface area (Å²) in [5, 5.41) is 25.3. The first-order chi connectivity index (χ1) is 37.5. The Kier molecular flexibility index (Phi) is 16.7. The van der Waals surface area contributed by atoms with Crippen molar-refractivity contribution in [2.24, 2.45) is 5.41 Å². The third-order valence-corrected chi connectivity index (χ3v) is 17.8. The number of sulfonamides is 1. The lowest BCUT2D eigenvalue weighted by Gasteiger charge is -2.35. The summed E-state index contributed by atoms with van der Waals surface area (Å²) in [7, 11) is -4.74. The van der Waals surface area contributed by atoms with Gasteiger partial charge in [0, 0.05) is 37.5 Å². The molecule has 16 nitrogen and oxygen atoms in total. The largest absolute Gasteiger partial charge is 0.508 e. The Balaban J connectivity index is 0.784. The van der Waals surface area contributed by atoms with Crippen LogP contribution >= 0.6 is 11.3 Å². The second-order valence-corrected chi connectivity index (χ2v) is 24.3. The van der Waals surface area contributed by atoms with E-state index < -0.39 is 81.7 Å². The number of aromatic nitrogens is 3. The van der Waals surface area contributed by atoms with E-state index in [0.29, 0.717) is 51.6 Å². The number of hydrogen-bond acceptors (Lipinski definition) is 12. The third kappa shape index (κ3) is 12.9. The summed E-state index contributed by atoms with van der Waals surface area (Å²) in [5.41, 5.74) is 7.02. The van der Waals surface area contributed by atoms with E-state index in [2.05, 4.69) is 20.6 Å². The number of imidazole rings is 1. The minimum atomic E-state index is -4.89. The van der Waals surface area contributed by atoms with Crippen LogP contribution in [0, 0.1) is 12.3 Å². The lowest BCUT2D eigenvalue weighted by molar-refractivity contribution is -0.144. The van der Waals surface area contributed by atoms with E-state index in [0.717, 1.165) is 27.4 Å². The van der Waals surface area contributed by atoms with Gasteiger partial charge in [0.15, 0.2) is 0 Å². The number of ether oxygens (including phenoxy) is 2. The normalized spacial score (nSPS) is 20.1. The molecule has 4 N–H and O–H groups in total. The molecule has 6 aromatic rings. The highest BCUT2D eigenvalue weighted by molar-refractivity contribution is 7.93. The summed E-state index contributed by atoms with van der Waals surface area (Å²) in [6.07, 6.45) is -1.10. The monoisotopic (exact) mass is 1120 g/mol. The van der Waals surface area contributed by atoms with Crippen molar-refractivity contribution in [2.45, 2.75) is 121 Å². The van der Waals surface area contributed by atoms with Crippen molar-refractivity contribution >= 4 is 55.9 Å². The second-order valence-electron chi connectivity index (χ2n) is 21.4. The number of benzene rings is 4. The fraction of sp³-hybridized carbons (Fsp3) is 0.397. The summed E-state index contributed by atoms with van der Waals surface area (Å²) in [6.45, 7) is 7.61. The highest BCUT2D eigenvalue weighted by atomic mass is 32.2. The number of fused-ring (bicyclic) bond motifs is 2. The number of β-amino-alcohol motifs (C(OH)–C–C–N with tert-alkyl or cyclic N) is 1. The fourth-order valence-electron chi connectivity index (χ4n) is 10.6. The van der Waals surface area contributed by atoms with Gasteiger partial charge in [-0.05, 0) is 127 Å². The number of unbranched alkanes of at least 4 members (excludes halogenated alkanes) is 2. The van der Waals surface area contributed by atoms with E-state index >= 15 is 0 Å². The number of thiazole rings is 1. The molecule has 0 radical (unpaired) electrons. The number of amides is 3. The molecule has 4 aromatic carbocycles. The molecule has 3 unspecified atom stereocenters. The number of phenols is 1. The number of halogens is 3. The highest BCUT2D eigenvalue weighted by Gasteiger charge is 2.55. The predicted molar refractivity (Wildman–Crippen MR) is 295 cm³/mol. The summed E-state index contributed by atoms with van der Waals surface area (Å²) in [6, 6.07) is 24.6. The SMILES string of the molecule is Cc1ncsc1-c1ccc([C@H](C)NC(=O)[C@@H]2C[C@@H](O)CN2C(=O)[C@@H](NC(=O)CCCCCOc2ccc(N(CC(F)(F)F)S(=O)(=O)C3CC4OC3C(c3ccc(-n5ccnc5)cc3)=C4c3ccc(O)cc3)cc2)C(C)(C)C)cc1. The van der Waals surface area contributed by atoms with Crippen LogP contribution < -0.4 is 19.7 Å². The number of hydrogen-bond donors (Lipinski definition) is 4. The maximum absolute atomic E-state index is 14.6. The van der Waals surface area contributed by atoms with Crippen LogP contribution in [0.1, 0.15) is 94.6 Å². The third-order valence-electron chi connectivity index (χ3n) is 14.7. The van der Waals surface area contributed by atoms with Crippen molar-refractivity contribution in [1.29, 1.82) is 0 Å². The van der Waals surface area contributed by atoms with E-state index in [4.69, 9.17) is 9.47 Å². The van der Waals surface area contributed by atoms with Crippen LogP contribution in [0.3, 0.4) is 0 Å². The minimum Gasteiger partial charge on any atom is -0.508 e. The molecule has 0 aliphatic carbocycles. The Morgan fingerprint density at radius 1 is 0.886 bits per heavy atom. The zero-order valence-corrected chi connectivity index (χ0v) is 46.0. The van der Waals surface area contributed by atoms with Gasteiger partial charge in [-0.15, -0.1) is 11.3 Å².